The van der Waals surface area contributed by atoms with Crippen molar-refractivity contribution < 1.29 is 4.79 Å². The van der Waals surface area contributed by atoms with Crippen molar-refractivity contribution in [2.45, 2.75) is 45.6 Å². The van der Waals surface area contributed by atoms with Gasteiger partial charge in [0.1, 0.15) is 5.82 Å². The monoisotopic (exact) mass is 487 g/mol. The molecule has 0 bridgehead atoms. The second-order valence-corrected chi connectivity index (χ2v) is 8.54. The number of aryl methyl sites for hydroxylation is 2. The van der Waals surface area contributed by atoms with Gasteiger partial charge in [0, 0.05) is 27.8 Å². The topological polar surface area (TPSA) is 64.0 Å². The van der Waals surface area contributed by atoms with Crippen LogP contribution in [0.5, 0.6) is 0 Å². The van der Waals surface area contributed by atoms with Crippen molar-refractivity contribution in [3.05, 3.63) is 67.3 Å². The van der Waals surface area contributed by atoms with Crippen molar-refractivity contribution >= 4 is 45.1 Å². The molecule has 0 spiro atoms. The van der Waals surface area contributed by atoms with E-state index < -0.39 is 0 Å². The van der Waals surface area contributed by atoms with Crippen LogP contribution < -0.4 is 10.9 Å². The molecular formula is C22H22IN3O2. The van der Waals surface area contributed by atoms with Crippen LogP contribution in [-0.4, -0.2) is 15.5 Å². The molecule has 1 N–H and O–H groups in total. The molecule has 0 saturated heterocycles. The molecule has 0 fully saturated rings. The third kappa shape index (κ3) is 3.83. The highest BCUT2D eigenvalue weighted by Gasteiger charge is 2.15. The van der Waals surface area contributed by atoms with Gasteiger partial charge >= 0.3 is 0 Å². The molecule has 0 atom stereocenters. The third-order valence-electron chi connectivity index (χ3n) is 5.27. The summed E-state index contributed by atoms with van der Waals surface area (Å²) in [6.07, 6.45) is 5.19. The van der Waals surface area contributed by atoms with Gasteiger partial charge in [-0.05, 0) is 84.3 Å². The minimum Gasteiger partial charge on any atom is -0.322 e. The lowest BCUT2D eigenvalue weighted by Gasteiger charge is -2.16. The number of amides is 1. The van der Waals surface area contributed by atoms with Crippen molar-refractivity contribution in [2.75, 3.05) is 5.32 Å². The van der Waals surface area contributed by atoms with Crippen LogP contribution in [-0.2, 0) is 13.0 Å². The summed E-state index contributed by atoms with van der Waals surface area (Å²) in [5.74, 6) is 0.642. The van der Waals surface area contributed by atoms with Crippen LogP contribution >= 0.6 is 22.6 Å². The predicted octanol–water partition coefficient (Wildman–Crippen LogP) is 4.68. The van der Waals surface area contributed by atoms with Gasteiger partial charge in [-0.2, -0.15) is 0 Å². The molecule has 6 heteroatoms. The van der Waals surface area contributed by atoms with E-state index in [0.717, 1.165) is 52.9 Å². The Kier molecular flexibility index (Phi) is 5.48. The van der Waals surface area contributed by atoms with Crippen LogP contribution in [0.2, 0.25) is 0 Å². The first kappa shape index (κ1) is 19.1. The zero-order chi connectivity index (χ0) is 19.7. The van der Waals surface area contributed by atoms with Crippen molar-refractivity contribution in [1.29, 1.82) is 0 Å². The second kappa shape index (κ2) is 8.03. The van der Waals surface area contributed by atoms with E-state index in [4.69, 9.17) is 4.98 Å². The number of anilines is 1. The summed E-state index contributed by atoms with van der Waals surface area (Å²) < 4.78 is 2.94. The summed E-state index contributed by atoms with van der Waals surface area (Å²) in [5, 5.41) is 3.54. The number of nitrogens with one attached hydrogen (secondary N) is 1. The standard InChI is InChI=1S/C22H22IN3O2/c1-14-12-16(23)8-10-18(14)25-21(27)15-7-9-17-19(13-15)24-20-6-4-2-3-5-11-26(20)22(17)28/h7-10,12-13H,2-6,11H2,1H3,(H,25,27). The van der Waals surface area contributed by atoms with Gasteiger partial charge in [0.2, 0.25) is 0 Å². The fourth-order valence-corrected chi connectivity index (χ4v) is 4.35. The normalized spacial score (nSPS) is 14.2. The smallest absolute Gasteiger partial charge is 0.261 e. The number of aromatic nitrogens is 2. The highest BCUT2D eigenvalue weighted by molar-refractivity contribution is 14.1. The van der Waals surface area contributed by atoms with Crippen molar-refractivity contribution in [3.63, 3.8) is 0 Å². The van der Waals surface area contributed by atoms with Gasteiger partial charge in [-0.25, -0.2) is 4.98 Å². The number of halogens is 1. The maximum Gasteiger partial charge on any atom is 0.261 e. The molecule has 0 saturated carbocycles. The molecule has 3 aromatic rings. The van der Waals surface area contributed by atoms with Gasteiger partial charge in [-0.3, -0.25) is 14.2 Å². The molecule has 5 nitrogen and oxygen atoms in total. The van der Waals surface area contributed by atoms with Gasteiger partial charge in [0.05, 0.1) is 10.9 Å². The summed E-state index contributed by atoms with van der Waals surface area (Å²) in [6.45, 7) is 2.70. The lowest BCUT2D eigenvalue weighted by Crippen LogP contribution is -2.26. The second-order valence-electron chi connectivity index (χ2n) is 7.29. The molecule has 1 aliphatic rings. The number of carbonyl (C=O) groups excluding carboxylic acids is 1. The van der Waals surface area contributed by atoms with Gasteiger partial charge in [0.25, 0.3) is 11.5 Å². The van der Waals surface area contributed by atoms with E-state index in [9.17, 15) is 9.59 Å². The Bertz CT molecular complexity index is 1120. The summed E-state index contributed by atoms with van der Waals surface area (Å²) >= 11 is 2.25. The summed E-state index contributed by atoms with van der Waals surface area (Å²) in [6, 6.07) is 11.1. The Balaban J connectivity index is 1.69. The number of hydrogen-bond donors (Lipinski definition) is 1. The third-order valence-corrected chi connectivity index (χ3v) is 5.94. The average molecular weight is 487 g/mol. The first-order chi connectivity index (χ1) is 13.5. The maximum absolute atomic E-state index is 12.9. The highest BCUT2D eigenvalue weighted by Crippen LogP contribution is 2.20. The van der Waals surface area contributed by atoms with Crippen molar-refractivity contribution in [2.24, 2.45) is 0 Å². The van der Waals surface area contributed by atoms with Gasteiger partial charge < -0.3 is 5.32 Å². The number of carbonyl (C=O) groups is 1. The minimum atomic E-state index is -0.195. The lowest BCUT2D eigenvalue weighted by molar-refractivity contribution is 0.102. The number of hydrogen-bond acceptors (Lipinski definition) is 3. The molecule has 28 heavy (non-hydrogen) atoms. The summed E-state index contributed by atoms with van der Waals surface area (Å²) in [7, 11) is 0. The minimum absolute atomic E-state index is 0.00216. The molecule has 1 aliphatic heterocycles. The summed E-state index contributed by atoms with van der Waals surface area (Å²) in [4.78, 5) is 30.4. The van der Waals surface area contributed by atoms with Crippen LogP contribution in [0.15, 0.2) is 41.2 Å². The van der Waals surface area contributed by atoms with Crippen LogP contribution in [0, 0.1) is 10.5 Å². The van der Waals surface area contributed by atoms with Crippen LogP contribution in [0.1, 0.15) is 47.4 Å². The Hall–Kier alpha value is -2.22. The van der Waals surface area contributed by atoms with Crippen molar-refractivity contribution in [3.8, 4) is 0 Å². The van der Waals surface area contributed by atoms with E-state index in [1.54, 1.807) is 18.2 Å². The average Bonchev–Trinajstić information content (AvgIpc) is 2.65. The van der Waals surface area contributed by atoms with Crippen LogP contribution in [0.3, 0.4) is 0 Å². The number of fused-ring (bicyclic) bond motifs is 2. The number of nitrogens with zero attached hydrogens (tertiary/aromatic N) is 2. The quantitative estimate of drug-likeness (QED) is 0.535. The zero-order valence-electron chi connectivity index (χ0n) is 15.8. The molecule has 144 valence electrons. The molecule has 2 heterocycles. The zero-order valence-corrected chi connectivity index (χ0v) is 18.0. The Morgan fingerprint density at radius 2 is 1.93 bits per heavy atom. The van der Waals surface area contributed by atoms with E-state index in [1.807, 2.05) is 29.7 Å². The summed E-state index contributed by atoms with van der Waals surface area (Å²) in [5.41, 5.74) is 2.91. The largest absolute Gasteiger partial charge is 0.322 e. The van der Waals surface area contributed by atoms with Crippen LogP contribution in [0.4, 0.5) is 5.69 Å². The fraction of sp³-hybridized carbons (Fsp3) is 0.318. The first-order valence-corrected chi connectivity index (χ1v) is 10.7. The first-order valence-electron chi connectivity index (χ1n) is 9.64. The van der Waals surface area contributed by atoms with E-state index in [1.165, 1.54) is 6.42 Å². The Morgan fingerprint density at radius 3 is 2.75 bits per heavy atom. The molecule has 2 aromatic carbocycles. The van der Waals surface area contributed by atoms with E-state index in [0.29, 0.717) is 16.5 Å². The van der Waals surface area contributed by atoms with Gasteiger partial charge in [-0.1, -0.05) is 12.8 Å². The SMILES string of the molecule is Cc1cc(I)ccc1NC(=O)c1ccc2c(=O)n3c(nc2c1)CCCCCC3. The number of rotatable bonds is 2. The molecule has 1 aromatic heterocycles. The van der Waals surface area contributed by atoms with E-state index >= 15 is 0 Å². The molecule has 0 unspecified atom stereocenters. The molecular weight excluding hydrogens is 465 g/mol. The van der Waals surface area contributed by atoms with E-state index in [-0.39, 0.29) is 11.5 Å². The fourth-order valence-electron chi connectivity index (χ4n) is 3.70. The Morgan fingerprint density at radius 1 is 1.11 bits per heavy atom. The predicted molar refractivity (Wildman–Crippen MR) is 120 cm³/mol. The lowest BCUT2D eigenvalue weighted by atomic mass is 10.1. The van der Waals surface area contributed by atoms with Crippen molar-refractivity contribution in [1.82, 2.24) is 9.55 Å². The highest BCUT2D eigenvalue weighted by atomic mass is 127. The molecule has 1 amide bonds. The van der Waals surface area contributed by atoms with Gasteiger partial charge in [-0.15, -0.1) is 0 Å². The van der Waals surface area contributed by atoms with E-state index in [2.05, 4.69) is 27.9 Å². The number of benzene rings is 2. The maximum atomic E-state index is 12.9. The molecule has 0 aliphatic carbocycles. The molecule has 0 radical (unpaired) electrons. The Labute approximate surface area is 177 Å². The van der Waals surface area contributed by atoms with Gasteiger partial charge in [0.15, 0.2) is 0 Å². The molecule has 4 rings (SSSR count). The van der Waals surface area contributed by atoms with Crippen LogP contribution in [0.25, 0.3) is 10.9 Å².